The van der Waals surface area contributed by atoms with Gasteiger partial charge in [0.1, 0.15) is 0 Å². The van der Waals surface area contributed by atoms with E-state index in [1.165, 1.54) is 18.4 Å². The lowest BCUT2D eigenvalue weighted by atomic mass is 9.93. The van der Waals surface area contributed by atoms with Crippen LogP contribution >= 0.6 is 11.3 Å². The molecule has 1 rings (SSSR count). The third kappa shape index (κ3) is 2.82. The number of nitrogens with one attached hydrogen (secondary N) is 1. The van der Waals surface area contributed by atoms with Gasteiger partial charge in [0.15, 0.2) is 0 Å². The molecular formula is C11H19NS. The molecule has 13 heavy (non-hydrogen) atoms. The molecule has 0 aromatic carbocycles. The normalized spacial score (nSPS) is 15.6. The van der Waals surface area contributed by atoms with Crippen LogP contribution in [0.1, 0.15) is 38.3 Å². The average Bonchev–Trinajstić information content (AvgIpc) is 2.59. The van der Waals surface area contributed by atoms with Crippen LogP contribution in [0.15, 0.2) is 16.8 Å². The summed E-state index contributed by atoms with van der Waals surface area (Å²) in [4.78, 5) is 0. The van der Waals surface area contributed by atoms with Gasteiger partial charge in [-0.1, -0.05) is 20.3 Å². The van der Waals surface area contributed by atoms with Crippen molar-refractivity contribution in [1.29, 1.82) is 0 Å². The van der Waals surface area contributed by atoms with E-state index in [1.54, 1.807) is 11.3 Å². The molecule has 74 valence electrons. The van der Waals surface area contributed by atoms with E-state index < -0.39 is 0 Å². The van der Waals surface area contributed by atoms with Gasteiger partial charge < -0.3 is 5.32 Å². The summed E-state index contributed by atoms with van der Waals surface area (Å²) >= 11 is 1.78. The zero-order valence-electron chi connectivity index (χ0n) is 8.71. The molecule has 2 unspecified atom stereocenters. The Hall–Kier alpha value is -0.340. The summed E-state index contributed by atoms with van der Waals surface area (Å²) in [5, 5.41) is 7.79. The van der Waals surface area contributed by atoms with E-state index in [0.29, 0.717) is 6.04 Å². The summed E-state index contributed by atoms with van der Waals surface area (Å²) in [5.74, 6) is 0.726. The van der Waals surface area contributed by atoms with E-state index in [0.717, 1.165) is 5.92 Å². The lowest BCUT2D eigenvalue weighted by Crippen LogP contribution is -2.22. The first-order valence-electron chi connectivity index (χ1n) is 4.99. The molecule has 0 amide bonds. The lowest BCUT2D eigenvalue weighted by Gasteiger charge is -2.22. The van der Waals surface area contributed by atoms with E-state index in [2.05, 4.69) is 43.0 Å². The van der Waals surface area contributed by atoms with Gasteiger partial charge in [-0.05, 0) is 41.8 Å². The van der Waals surface area contributed by atoms with Gasteiger partial charge in [-0.3, -0.25) is 0 Å². The minimum atomic E-state index is 0.534. The maximum absolute atomic E-state index is 3.40. The van der Waals surface area contributed by atoms with E-state index in [9.17, 15) is 0 Å². The topological polar surface area (TPSA) is 12.0 Å². The lowest BCUT2D eigenvalue weighted by molar-refractivity contribution is 0.384. The second-order valence-electron chi connectivity index (χ2n) is 3.59. The Balaban J connectivity index is 2.62. The number of hydrogen-bond donors (Lipinski definition) is 1. The summed E-state index contributed by atoms with van der Waals surface area (Å²) in [6.45, 7) is 4.57. The van der Waals surface area contributed by atoms with Gasteiger partial charge >= 0.3 is 0 Å². The van der Waals surface area contributed by atoms with E-state index in [4.69, 9.17) is 0 Å². The Morgan fingerprint density at radius 2 is 2.31 bits per heavy atom. The van der Waals surface area contributed by atoms with Crippen molar-refractivity contribution >= 4 is 11.3 Å². The zero-order chi connectivity index (χ0) is 9.68. The van der Waals surface area contributed by atoms with E-state index in [-0.39, 0.29) is 0 Å². The molecule has 0 saturated carbocycles. The quantitative estimate of drug-likeness (QED) is 0.762. The molecule has 1 aromatic heterocycles. The van der Waals surface area contributed by atoms with Gasteiger partial charge in [-0.25, -0.2) is 0 Å². The fourth-order valence-corrected chi connectivity index (χ4v) is 2.55. The molecule has 2 heteroatoms. The molecule has 1 N–H and O–H groups in total. The van der Waals surface area contributed by atoms with Gasteiger partial charge in [0, 0.05) is 6.04 Å². The van der Waals surface area contributed by atoms with Crippen LogP contribution in [0.5, 0.6) is 0 Å². The summed E-state index contributed by atoms with van der Waals surface area (Å²) in [7, 11) is 2.05. The van der Waals surface area contributed by atoms with Crippen molar-refractivity contribution < 1.29 is 0 Å². The van der Waals surface area contributed by atoms with Crippen LogP contribution in [0.4, 0.5) is 0 Å². The van der Waals surface area contributed by atoms with Crippen LogP contribution in [0.25, 0.3) is 0 Å². The molecule has 0 bridgehead atoms. The Labute approximate surface area is 85.2 Å². The highest BCUT2D eigenvalue weighted by molar-refractivity contribution is 7.07. The first kappa shape index (κ1) is 10.7. The molecule has 1 aromatic rings. The van der Waals surface area contributed by atoms with Crippen LogP contribution in [0.3, 0.4) is 0 Å². The van der Waals surface area contributed by atoms with Crippen molar-refractivity contribution in [2.75, 3.05) is 7.05 Å². The van der Waals surface area contributed by atoms with Crippen molar-refractivity contribution in [1.82, 2.24) is 5.32 Å². The van der Waals surface area contributed by atoms with Gasteiger partial charge in [-0.15, -0.1) is 0 Å². The third-order valence-electron chi connectivity index (χ3n) is 2.53. The largest absolute Gasteiger partial charge is 0.313 e. The molecule has 0 aliphatic heterocycles. The predicted molar refractivity (Wildman–Crippen MR) is 60.2 cm³/mol. The maximum atomic E-state index is 3.40. The van der Waals surface area contributed by atoms with Crippen molar-refractivity contribution in [3.8, 4) is 0 Å². The summed E-state index contributed by atoms with van der Waals surface area (Å²) in [5.41, 5.74) is 1.44. The highest BCUT2D eigenvalue weighted by Crippen LogP contribution is 2.26. The molecule has 0 aliphatic carbocycles. The Morgan fingerprint density at radius 3 is 2.77 bits per heavy atom. The van der Waals surface area contributed by atoms with E-state index in [1.807, 2.05) is 0 Å². The first-order chi connectivity index (χ1) is 6.29. The highest BCUT2D eigenvalue weighted by atomic mass is 32.1. The highest BCUT2D eigenvalue weighted by Gasteiger charge is 2.16. The van der Waals surface area contributed by atoms with Crippen LogP contribution < -0.4 is 5.32 Å². The third-order valence-corrected chi connectivity index (χ3v) is 3.23. The van der Waals surface area contributed by atoms with Crippen molar-refractivity contribution in [2.45, 2.75) is 32.7 Å². The molecule has 0 spiro atoms. The summed E-state index contributed by atoms with van der Waals surface area (Å²) in [6, 6.07) is 2.75. The fraction of sp³-hybridized carbons (Fsp3) is 0.636. The standard InChI is InChI=1S/C11H19NS/c1-4-5-9(2)11(12-3)10-6-7-13-8-10/h6-9,11-12H,4-5H2,1-3H3. The molecule has 0 radical (unpaired) electrons. The van der Waals surface area contributed by atoms with Crippen molar-refractivity contribution in [2.24, 2.45) is 5.92 Å². The molecular weight excluding hydrogens is 178 g/mol. The Morgan fingerprint density at radius 1 is 1.54 bits per heavy atom. The fourth-order valence-electron chi connectivity index (χ4n) is 1.85. The van der Waals surface area contributed by atoms with Crippen molar-refractivity contribution in [3.63, 3.8) is 0 Å². The van der Waals surface area contributed by atoms with Crippen molar-refractivity contribution in [3.05, 3.63) is 22.4 Å². The second kappa shape index (κ2) is 5.40. The predicted octanol–water partition coefficient (Wildman–Crippen LogP) is 3.44. The minimum absolute atomic E-state index is 0.534. The van der Waals surface area contributed by atoms with Crippen LogP contribution in [-0.4, -0.2) is 7.05 Å². The van der Waals surface area contributed by atoms with Gasteiger partial charge in [0.25, 0.3) is 0 Å². The molecule has 0 fully saturated rings. The molecule has 0 aliphatic rings. The molecule has 1 heterocycles. The smallest absolute Gasteiger partial charge is 0.0351 e. The van der Waals surface area contributed by atoms with Crippen LogP contribution in [0, 0.1) is 5.92 Å². The zero-order valence-corrected chi connectivity index (χ0v) is 9.53. The van der Waals surface area contributed by atoms with Gasteiger partial charge in [0.2, 0.25) is 0 Å². The van der Waals surface area contributed by atoms with Crippen LogP contribution in [-0.2, 0) is 0 Å². The average molecular weight is 197 g/mol. The maximum Gasteiger partial charge on any atom is 0.0351 e. The molecule has 2 atom stereocenters. The SMILES string of the molecule is CCCC(C)C(NC)c1ccsc1. The van der Waals surface area contributed by atoms with Crippen LogP contribution in [0.2, 0.25) is 0 Å². The first-order valence-corrected chi connectivity index (χ1v) is 5.93. The number of rotatable bonds is 5. The summed E-state index contributed by atoms with van der Waals surface area (Å²) < 4.78 is 0. The minimum Gasteiger partial charge on any atom is -0.313 e. The van der Waals surface area contributed by atoms with Gasteiger partial charge in [-0.2, -0.15) is 11.3 Å². The Bertz CT molecular complexity index is 218. The molecule has 0 saturated heterocycles. The second-order valence-corrected chi connectivity index (χ2v) is 4.37. The molecule has 1 nitrogen and oxygen atoms in total. The summed E-state index contributed by atoms with van der Waals surface area (Å²) in [6.07, 6.45) is 2.56. The Kier molecular flexibility index (Phi) is 4.46. The van der Waals surface area contributed by atoms with E-state index >= 15 is 0 Å². The number of hydrogen-bond acceptors (Lipinski definition) is 2. The monoisotopic (exact) mass is 197 g/mol. The number of thiophene rings is 1. The van der Waals surface area contributed by atoms with Gasteiger partial charge in [0.05, 0.1) is 0 Å².